The van der Waals surface area contributed by atoms with Crippen molar-refractivity contribution in [1.82, 2.24) is 0 Å². The molecule has 0 aromatic heterocycles. The fraction of sp³-hybridized carbons (Fsp3) is 0.857. The van der Waals surface area contributed by atoms with Crippen molar-refractivity contribution < 1.29 is 9.47 Å². The number of nitrogens with zero attached hydrogens (tertiary/aromatic N) is 1. The number of nitriles is 1. The van der Waals surface area contributed by atoms with Gasteiger partial charge in [0.1, 0.15) is 0 Å². The van der Waals surface area contributed by atoms with E-state index in [1.54, 1.807) is 14.2 Å². The number of rotatable bonds is 2. The molecule has 0 atom stereocenters. The van der Waals surface area contributed by atoms with Crippen molar-refractivity contribution in [3.05, 3.63) is 0 Å². The Morgan fingerprint density at radius 2 is 1.90 bits per heavy atom. The molecule has 1 fully saturated rings. The lowest BCUT2D eigenvalue weighted by Crippen LogP contribution is -2.46. The fourth-order valence-electron chi connectivity index (χ4n) is 1.20. The van der Waals surface area contributed by atoms with Crippen LogP contribution in [0.15, 0.2) is 0 Å². The Morgan fingerprint density at radius 1 is 1.40 bits per heavy atom. The first-order valence-electron chi connectivity index (χ1n) is 3.26. The molecule has 0 aromatic carbocycles. The summed E-state index contributed by atoms with van der Waals surface area (Å²) in [5, 5.41) is 8.45. The van der Waals surface area contributed by atoms with Crippen LogP contribution >= 0.6 is 0 Å². The van der Waals surface area contributed by atoms with Gasteiger partial charge in [-0.1, -0.05) is 0 Å². The summed E-state index contributed by atoms with van der Waals surface area (Å²) in [7, 11) is 3.22. The van der Waals surface area contributed by atoms with Crippen molar-refractivity contribution in [3.8, 4) is 6.07 Å². The van der Waals surface area contributed by atoms with Gasteiger partial charge in [0.05, 0.1) is 12.0 Å². The zero-order valence-corrected chi connectivity index (χ0v) is 6.26. The van der Waals surface area contributed by atoms with Crippen molar-refractivity contribution >= 4 is 0 Å². The second-order valence-corrected chi connectivity index (χ2v) is 2.55. The first kappa shape index (κ1) is 7.52. The van der Waals surface area contributed by atoms with Crippen LogP contribution in [-0.4, -0.2) is 20.0 Å². The van der Waals surface area contributed by atoms with E-state index in [4.69, 9.17) is 14.7 Å². The largest absolute Gasteiger partial charge is 0.353 e. The highest BCUT2D eigenvalue weighted by Crippen LogP contribution is 2.40. The van der Waals surface area contributed by atoms with Gasteiger partial charge in [0.2, 0.25) is 0 Å². The predicted molar refractivity (Wildman–Crippen MR) is 35.1 cm³/mol. The van der Waals surface area contributed by atoms with Crippen LogP contribution in [0.3, 0.4) is 0 Å². The minimum atomic E-state index is -0.444. The lowest BCUT2D eigenvalue weighted by atomic mass is 9.80. The van der Waals surface area contributed by atoms with Gasteiger partial charge in [0.25, 0.3) is 0 Å². The Kier molecular flexibility index (Phi) is 1.93. The van der Waals surface area contributed by atoms with Crippen LogP contribution in [0.4, 0.5) is 0 Å². The number of ether oxygens (including phenoxy) is 2. The van der Waals surface area contributed by atoms with Crippen LogP contribution in [0.25, 0.3) is 0 Å². The Hall–Kier alpha value is -0.590. The highest BCUT2D eigenvalue weighted by molar-refractivity contribution is 4.99. The van der Waals surface area contributed by atoms with Crippen LogP contribution in [0.2, 0.25) is 0 Å². The third kappa shape index (κ3) is 1.00. The summed E-state index contributed by atoms with van der Waals surface area (Å²) >= 11 is 0. The third-order valence-electron chi connectivity index (χ3n) is 2.04. The molecular formula is C7H11NO2. The van der Waals surface area contributed by atoms with Crippen LogP contribution in [0, 0.1) is 17.2 Å². The molecule has 3 heteroatoms. The molecule has 0 radical (unpaired) electrons. The monoisotopic (exact) mass is 141 g/mol. The summed E-state index contributed by atoms with van der Waals surface area (Å²) in [6, 6.07) is 2.16. The molecular weight excluding hydrogens is 130 g/mol. The summed E-state index contributed by atoms with van der Waals surface area (Å²) in [4.78, 5) is 0. The summed E-state index contributed by atoms with van der Waals surface area (Å²) in [5.41, 5.74) is 0. The first-order chi connectivity index (χ1) is 4.76. The van der Waals surface area contributed by atoms with E-state index in [0.29, 0.717) is 12.8 Å². The van der Waals surface area contributed by atoms with E-state index in [1.165, 1.54) is 0 Å². The highest BCUT2D eigenvalue weighted by atomic mass is 16.7. The van der Waals surface area contributed by atoms with Crippen LogP contribution in [-0.2, 0) is 9.47 Å². The zero-order chi connectivity index (χ0) is 7.61. The van der Waals surface area contributed by atoms with Crippen molar-refractivity contribution in [3.63, 3.8) is 0 Å². The predicted octanol–water partition coefficient (Wildman–Crippen LogP) is 0.909. The number of methoxy groups -OCH3 is 2. The maximum atomic E-state index is 8.45. The fourth-order valence-corrected chi connectivity index (χ4v) is 1.20. The molecule has 1 aliphatic carbocycles. The molecule has 0 aliphatic heterocycles. The van der Waals surface area contributed by atoms with Crippen molar-refractivity contribution in [2.75, 3.05) is 14.2 Å². The lowest BCUT2D eigenvalue weighted by Gasteiger charge is -2.41. The Balaban J connectivity index is 2.40. The molecule has 1 rings (SSSR count). The average molecular weight is 141 g/mol. The van der Waals surface area contributed by atoms with Gasteiger partial charge in [-0.15, -0.1) is 0 Å². The second kappa shape index (κ2) is 2.57. The topological polar surface area (TPSA) is 42.2 Å². The lowest BCUT2D eigenvalue weighted by molar-refractivity contribution is -0.262. The minimum Gasteiger partial charge on any atom is -0.353 e. The smallest absolute Gasteiger partial charge is 0.170 e. The molecule has 0 spiro atoms. The standard InChI is InChI=1S/C7H11NO2/c1-9-7(10-2)3-6(4-7)5-8/h6H,3-4H2,1-2H3. The van der Waals surface area contributed by atoms with Gasteiger partial charge in [0, 0.05) is 27.1 Å². The van der Waals surface area contributed by atoms with Gasteiger partial charge in [-0.2, -0.15) is 5.26 Å². The summed E-state index contributed by atoms with van der Waals surface area (Å²) < 4.78 is 10.2. The molecule has 0 saturated heterocycles. The van der Waals surface area contributed by atoms with E-state index in [9.17, 15) is 0 Å². The van der Waals surface area contributed by atoms with E-state index >= 15 is 0 Å². The van der Waals surface area contributed by atoms with Gasteiger partial charge in [-0.05, 0) is 0 Å². The maximum Gasteiger partial charge on any atom is 0.170 e. The summed E-state index contributed by atoms with van der Waals surface area (Å²) in [6.07, 6.45) is 1.41. The number of hydrogen-bond donors (Lipinski definition) is 0. The van der Waals surface area contributed by atoms with Crippen LogP contribution < -0.4 is 0 Å². The van der Waals surface area contributed by atoms with Gasteiger partial charge in [-0.25, -0.2) is 0 Å². The second-order valence-electron chi connectivity index (χ2n) is 2.55. The summed E-state index contributed by atoms with van der Waals surface area (Å²) in [6.45, 7) is 0. The quantitative estimate of drug-likeness (QED) is 0.537. The molecule has 3 nitrogen and oxygen atoms in total. The van der Waals surface area contributed by atoms with E-state index in [-0.39, 0.29) is 5.92 Å². The molecule has 1 aliphatic rings. The van der Waals surface area contributed by atoms with Gasteiger partial charge in [0.15, 0.2) is 5.79 Å². The zero-order valence-electron chi connectivity index (χ0n) is 6.26. The molecule has 1 saturated carbocycles. The normalized spacial score (nSPS) is 23.3. The molecule has 0 N–H and O–H groups in total. The highest BCUT2D eigenvalue weighted by Gasteiger charge is 2.45. The molecule has 56 valence electrons. The van der Waals surface area contributed by atoms with Gasteiger partial charge >= 0.3 is 0 Å². The molecule has 0 bridgehead atoms. The van der Waals surface area contributed by atoms with E-state index in [2.05, 4.69) is 6.07 Å². The average Bonchev–Trinajstić information content (AvgIpc) is 1.89. The number of hydrogen-bond acceptors (Lipinski definition) is 3. The van der Waals surface area contributed by atoms with E-state index in [1.807, 2.05) is 0 Å². The maximum absolute atomic E-state index is 8.45. The molecule has 0 amide bonds. The summed E-state index contributed by atoms with van der Waals surface area (Å²) in [5.74, 6) is -0.319. The van der Waals surface area contributed by atoms with Crippen LogP contribution in [0.1, 0.15) is 12.8 Å². The van der Waals surface area contributed by atoms with Gasteiger partial charge < -0.3 is 9.47 Å². The molecule has 0 heterocycles. The molecule has 0 aromatic rings. The molecule has 10 heavy (non-hydrogen) atoms. The first-order valence-corrected chi connectivity index (χ1v) is 3.26. The van der Waals surface area contributed by atoms with Crippen molar-refractivity contribution in [1.29, 1.82) is 5.26 Å². The van der Waals surface area contributed by atoms with Gasteiger partial charge in [-0.3, -0.25) is 0 Å². The Labute approximate surface area is 60.5 Å². The Morgan fingerprint density at radius 3 is 2.20 bits per heavy atom. The van der Waals surface area contributed by atoms with E-state index in [0.717, 1.165) is 0 Å². The van der Waals surface area contributed by atoms with Crippen LogP contribution in [0.5, 0.6) is 0 Å². The minimum absolute atomic E-state index is 0.125. The Bertz CT molecular complexity index is 149. The van der Waals surface area contributed by atoms with Crippen molar-refractivity contribution in [2.24, 2.45) is 5.92 Å². The third-order valence-corrected chi connectivity index (χ3v) is 2.04. The van der Waals surface area contributed by atoms with Crippen molar-refractivity contribution in [2.45, 2.75) is 18.6 Å². The molecule has 0 unspecified atom stereocenters. The van der Waals surface area contributed by atoms with E-state index < -0.39 is 5.79 Å². The SMILES string of the molecule is COC1(OC)CC(C#N)C1.